The average Bonchev–Trinajstić information content (AvgIpc) is 3.40. The Morgan fingerprint density at radius 2 is 1.94 bits per heavy atom. The van der Waals surface area contributed by atoms with Gasteiger partial charge >= 0.3 is 6.36 Å². The van der Waals surface area contributed by atoms with Crippen molar-refractivity contribution in [2.75, 3.05) is 26.7 Å². The molecule has 33 heavy (non-hydrogen) atoms. The Balaban J connectivity index is 1.35. The number of nitrogens with zero attached hydrogens (tertiary/aromatic N) is 2. The van der Waals surface area contributed by atoms with Crippen LogP contribution < -0.4 is 20.1 Å². The zero-order chi connectivity index (χ0) is 23.8. The summed E-state index contributed by atoms with van der Waals surface area (Å²) in [6.45, 7) is 1.48. The van der Waals surface area contributed by atoms with Gasteiger partial charge in [-0.25, -0.2) is 4.98 Å². The molecule has 2 amide bonds. The molecule has 1 atom stereocenters. The lowest BCUT2D eigenvalue weighted by molar-refractivity contribution is -0.274. The molecule has 0 saturated carbocycles. The summed E-state index contributed by atoms with van der Waals surface area (Å²) in [4.78, 5) is 30.8. The van der Waals surface area contributed by atoms with Crippen molar-refractivity contribution in [3.05, 3.63) is 40.3 Å². The Morgan fingerprint density at radius 3 is 2.61 bits per heavy atom. The number of ether oxygens (including phenoxy) is 2. The number of hydrogen-bond acceptors (Lipinski definition) is 7. The highest BCUT2D eigenvalue weighted by molar-refractivity contribution is 7.09. The fourth-order valence-corrected chi connectivity index (χ4v) is 4.11. The molecule has 8 nitrogen and oxygen atoms in total. The number of carbonyl (C=O) groups is 2. The number of alkyl halides is 3. The SMILES string of the molecule is CN1CCCC1CCNC(=O)c1csc(CNC(=O)COc2ccc(OC(F)(F)F)cc2)n1. The van der Waals surface area contributed by atoms with Crippen LogP contribution in [-0.4, -0.2) is 60.8 Å². The van der Waals surface area contributed by atoms with Crippen molar-refractivity contribution in [1.82, 2.24) is 20.5 Å². The monoisotopic (exact) mass is 486 g/mol. The van der Waals surface area contributed by atoms with E-state index in [4.69, 9.17) is 4.74 Å². The number of halogens is 3. The summed E-state index contributed by atoms with van der Waals surface area (Å²) in [5.74, 6) is -0.844. The van der Waals surface area contributed by atoms with Gasteiger partial charge < -0.3 is 25.0 Å². The van der Waals surface area contributed by atoms with E-state index >= 15 is 0 Å². The van der Waals surface area contributed by atoms with E-state index in [1.807, 2.05) is 0 Å². The zero-order valence-electron chi connectivity index (χ0n) is 18.0. The van der Waals surface area contributed by atoms with Gasteiger partial charge in [0.25, 0.3) is 11.8 Å². The molecule has 1 aromatic heterocycles. The number of benzene rings is 1. The second-order valence-electron chi connectivity index (χ2n) is 7.53. The summed E-state index contributed by atoms with van der Waals surface area (Å²) >= 11 is 1.26. The van der Waals surface area contributed by atoms with Crippen LogP contribution in [0.1, 0.15) is 34.8 Å². The summed E-state index contributed by atoms with van der Waals surface area (Å²) in [7, 11) is 2.09. The van der Waals surface area contributed by atoms with E-state index in [1.165, 1.54) is 29.9 Å². The largest absolute Gasteiger partial charge is 0.573 e. The predicted octanol–water partition coefficient (Wildman–Crippen LogP) is 2.95. The lowest BCUT2D eigenvalue weighted by atomic mass is 10.1. The van der Waals surface area contributed by atoms with E-state index in [9.17, 15) is 22.8 Å². The van der Waals surface area contributed by atoms with Crippen molar-refractivity contribution in [2.45, 2.75) is 38.2 Å². The fourth-order valence-electron chi connectivity index (χ4n) is 3.39. The topological polar surface area (TPSA) is 92.8 Å². The predicted molar refractivity (Wildman–Crippen MR) is 115 cm³/mol. The van der Waals surface area contributed by atoms with Gasteiger partial charge in [0.1, 0.15) is 22.2 Å². The van der Waals surface area contributed by atoms with E-state index in [0.717, 1.165) is 31.5 Å². The molecule has 2 heterocycles. The average molecular weight is 487 g/mol. The van der Waals surface area contributed by atoms with Crippen molar-refractivity contribution in [3.63, 3.8) is 0 Å². The lowest BCUT2D eigenvalue weighted by Crippen LogP contribution is -2.32. The van der Waals surface area contributed by atoms with Gasteiger partial charge in [0.05, 0.1) is 6.54 Å². The van der Waals surface area contributed by atoms with Crippen LogP contribution in [0.15, 0.2) is 29.6 Å². The summed E-state index contributed by atoms with van der Waals surface area (Å²) in [5.41, 5.74) is 0.307. The Hall–Kier alpha value is -2.86. The molecule has 0 aliphatic carbocycles. The lowest BCUT2D eigenvalue weighted by Gasteiger charge is -2.19. The first-order chi connectivity index (χ1) is 15.7. The van der Waals surface area contributed by atoms with E-state index in [-0.39, 0.29) is 30.6 Å². The molecule has 2 aromatic rings. The summed E-state index contributed by atoms with van der Waals surface area (Å²) < 4.78 is 45.5. The van der Waals surface area contributed by atoms with Crippen LogP contribution in [-0.2, 0) is 11.3 Å². The van der Waals surface area contributed by atoms with Crippen LogP contribution in [0.4, 0.5) is 13.2 Å². The van der Waals surface area contributed by atoms with Crippen molar-refractivity contribution in [1.29, 1.82) is 0 Å². The second-order valence-corrected chi connectivity index (χ2v) is 8.47. The first-order valence-electron chi connectivity index (χ1n) is 10.4. The highest BCUT2D eigenvalue weighted by atomic mass is 32.1. The van der Waals surface area contributed by atoms with Gasteiger partial charge in [-0.2, -0.15) is 0 Å². The molecule has 1 saturated heterocycles. The molecule has 1 aliphatic rings. The number of hydrogen-bond donors (Lipinski definition) is 2. The quantitative estimate of drug-likeness (QED) is 0.537. The molecule has 2 N–H and O–H groups in total. The van der Waals surface area contributed by atoms with Gasteiger partial charge in [0.2, 0.25) is 0 Å². The van der Waals surface area contributed by atoms with Crippen molar-refractivity contribution in [3.8, 4) is 11.5 Å². The number of carbonyl (C=O) groups excluding carboxylic acids is 2. The van der Waals surface area contributed by atoms with E-state index < -0.39 is 12.3 Å². The molecule has 1 aliphatic heterocycles. The highest BCUT2D eigenvalue weighted by Gasteiger charge is 2.31. The summed E-state index contributed by atoms with van der Waals surface area (Å²) in [5, 5.41) is 7.71. The first kappa shape index (κ1) is 24.8. The second kappa shape index (κ2) is 11.3. The van der Waals surface area contributed by atoms with Crippen molar-refractivity contribution >= 4 is 23.2 Å². The third-order valence-electron chi connectivity index (χ3n) is 5.08. The molecular weight excluding hydrogens is 461 g/mol. The van der Waals surface area contributed by atoms with Crippen molar-refractivity contribution < 1.29 is 32.2 Å². The molecule has 0 bridgehead atoms. The molecule has 1 aromatic carbocycles. The van der Waals surface area contributed by atoms with Gasteiger partial charge in [-0.3, -0.25) is 9.59 Å². The molecule has 0 radical (unpaired) electrons. The van der Waals surface area contributed by atoms with Crippen LogP contribution in [0.5, 0.6) is 11.5 Å². The zero-order valence-corrected chi connectivity index (χ0v) is 18.8. The maximum atomic E-state index is 12.3. The molecule has 1 unspecified atom stereocenters. The molecule has 0 spiro atoms. The number of thiazole rings is 1. The van der Waals surface area contributed by atoms with Crippen LogP contribution in [0.3, 0.4) is 0 Å². The number of nitrogens with one attached hydrogen (secondary N) is 2. The van der Waals surface area contributed by atoms with Crippen LogP contribution in [0, 0.1) is 0 Å². The summed E-state index contributed by atoms with van der Waals surface area (Å²) in [6.07, 6.45) is -1.54. The minimum atomic E-state index is -4.77. The standard InChI is InChI=1S/C21H25F3N4O4S/c1-28-10-2-3-14(28)8-9-25-20(30)17-13-33-19(27-17)11-26-18(29)12-31-15-4-6-16(7-5-15)32-21(22,23)24/h4-7,13-14H,2-3,8-12H2,1H3,(H,25,30)(H,26,29). The number of likely N-dealkylation sites (tertiary alicyclic amines) is 1. The Labute approximate surface area is 193 Å². The van der Waals surface area contributed by atoms with Crippen LogP contribution in [0.25, 0.3) is 0 Å². The molecule has 12 heteroatoms. The molecule has 3 rings (SSSR count). The summed E-state index contributed by atoms with van der Waals surface area (Å²) in [6, 6.07) is 5.22. The smallest absolute Gasteiger partial charge is 0.484 e. The van der Waals surface area contributed by atoms with Gasteiger partial charge in [-0.05, 0) is 57.1 Å². The highest BCUT2D eigenvalue weighted by Crippen LogP contribution is 2.24. The third-order valence-corrected chi connectivity index (χ3v) is 5.93. The first-order valence-corrected chi connectivity index (χ1v) is 11.3. The molecule has 180 valence electrons. The molecule has 1 fully saturated rings. The number of amides is 2. The van der Waals surface area contributed by atoms with Crippen LogP contribution in [0.2, 0.25) is 0 Å². The fraction of sp³-hybridized carbons (Fsp3) is 0.476. The van der Waals surface area contributed by atoms with Crippen LogP contribution >= 0.6 is 11.3 Å². The van der Waals surface area contributed by atoms with E-state index in [0.29, 0.717) is 23.3 Å². The Kier molecular flexibility index (Phi) is 8.50. The molecular formula is C21H25F3N4O4S. The maximum absolute atomic E-state index is 12.3. The maximum Gasteiger partial charge on any atom is 0.573 e. The van der Waals surface area contributed by atoms with Gasteiger partial charge in [-0.1, -0.05) is 0 Å². The van der Waals surface area contributed by atoms with Gasteiger partial charge in [0.15, 0.2) is 6.61 Å². The van der Waals surface area contributed by atoms with E-state index in [2.05, 4.69) is 32.3 Å². The normalized spacial score (nSPS) is 16.4. The number of rotatable bonds is 10. The third kappa shape index (κ3) is 8.21. The minimum absolute atomic E-state index is 0.130. The van der Waals surface area contributed by atoms with Gasteiger partial charge in [-0.15, -0.1) is 24.5 Å². The number of aromatic nitrogens is 1. The Bertz CT molecular complexity index is 936. The van der Waals surface area contributed by atoms with Crippen molar-refractivity contribution in [2.24, 2.45) is 0 Å². The Morgan fingerprint density at radius 1 is 1.21 bits per heavy atom. The minimum Gasteiger partial charge on any atom is -0.484 e. The van der Waals surface area contributed by atoms with Gasteiger partial charge in [0, 0.05) is 18.0 Å². The van der Waals surface area contributed by atoms with E-state index in [1.54, 1.807) is 5.38 Å².